The molecule has 1 saturated heterocycles. The highest BCUT2D eigenvalue weighted by atomic mass is 19.1. The fraction of sp³-hybridized carbons (Fsp3) is 0.818. The molecule has 0 aliphatic carbocycles. The number of likely N-dealkylation sites (tertiary alicyclic amines) is 1. The Labute approximate surface area is 99.8 Å². The average molecular weight is 244 g/mol. The minimum absolute atomic E-state index is 0.0311. The van der Waals surface area contributed by atoms with Crippen LogP contribution in [0.25, 0.3) is 0 Å². The van der Waals surface area contributed by atoms with E-state index in [4.69, 9.17) is 10.00 Å². The number of halogens is 1. The van der Waals surface area contributed by atoms with Crippen molar-refractivity contribution in [1.29, 1.82) is 5.26 Å². The zero-order valence-electron chi connectivity index (χ0n) is 10.2. The predicted octanol–water partition coefficient (Wildman–Crippen LogP) is 1.22. The second kappa shape index (κ2) is 4.49. The summed E-state index contributed by atoms with van der Waals surface area (Å²) in [6.07, 6.45) is -1.99. The number of amides is 1. The summed E-state index contributed by atoms with van der Waals surface area (Å²) in [4.78, 5) is 12.8. The standard InChI is InChI=1S/C11H17FN2O3/c1-10(2,3)17-9(16)14-5-4-8(15)11(12,6-13)7-14/h8,15H,4-5,7H2,1-3H3. The SMILES string of the molecule is CC(C)(C)OC(=O)N1CCC(O)C(F)(C#N)C1. The van der Waals surface area contributed by atoms with Crippen molar-refractivity contribution in [3.63, 3.8) is 0 Å². The number of rotatable bonds is 0. The van der Waals surface area contributed by atoms with Gasteiger partial charge < -0.3 is 14.7 Å². The predicted molar refractivity (Wildman–Crippen MR) is 57.9 cm³/mol. The summed E-state index contributed by atoms with van der Waals surface area (Å²) in [5.41, 5.74) is -3.08. The lowest BCUT2D eigenvalue weighted by molar-refractivity contribution is -0.0446. The molecule has 1 fully saturated rings. The van der Waals surface area contributed by atoms with E-state index in [2.05, 4.69) is 0 Å². The lowest BCUT2D eigenvalue weighted by atomic mass is 9.93. The zero-order valence-corrected chi connectivity index (χ0v) is 10.2. The fourth-order valence-electron chi connectivity index (χ4n) is 1.56. The van der Waals surface area contributed by atoms with Crippen LogP contribution in [-0.2, 0) is 4.74 Å². The first-order chi connectivity index (χ1) is 7.68. The van der Waals surface area contributed by atoms with Crippen LogP contribution in [0.4, 0.5) is 9.18 Å². The summed E-state index contributed by atoms with van der Waals surface area (Å²) in [5.74, 6) is 0. The topological polar surface area (TPSA) is 73.6 Å². The molecular weight excluding hydrogens is 227 g/mol. The van der Waals surface area contributed by atoms with Gasteiger partial charge in [-0.3, -0.25) is 0 Å². The molecule has 0 aromatic heterocycles. The number of nitrogens with zero attached hydrogens (tertiary/aromatic N) is 2. The first kappa shape index (κ1) is 13.7. The van der Waals surface area contributed by atoms with Crippen LogP contribution >= 0.6 is 0 Å². The van der Waals surface area contributed by atoms with Gasteiger partial charge in [0.05, 0.1) is 6.54 Å². The highest BCUT2D eigenvalue weighted by molar-refractivity contribution is 5.68. The van der Waals surface area contributed by atoms with Gasteiger partial charge in [-0.2, -0.15) is 5.26 Å². The zero-order chi connectivity index (χ0) is 13.3. The molecule has 0 spiro atoms. The number of nitriles is 1. The van der Waals surface area contributed by atoms with Crippen molar-refractivity contribution in [2.45, 2.75) is 44.6 Å². The van der Waals surface area contributed by atoms with Crippen LogP contribution in [0.3, 0.4) is 0 Å². The smallest absolute Gasteiger partial charge is 0.410 e. The highest BCUT2D eigenvalue weighted by Crippen LogP contribution is 2.26. The lowest BCUT2D eigenvalue weighted by Gasteiger charge is -2.37. The largest absolute Gasteiger partial charge is 0.444 e. The maximum absolute atomic E-state index is 13.9. The Morgan fingerprint density at radius 3 is 2.71 bits per heavy atom. The van der Waals surface area contributed by atoms with Crippen LogP contribution in [0, 0.1) is 11.3 Å². The van der Waals surface area contributed by atoms with Gasteiger partial charge in [0.15, 0.2) is 0 Å². The van der Waals surface area contributed by atoms with Crippen molar-refractivity contribution in [3.05, 3.63) is 0 Å². The van der Waals surface area contributed by atoms with E-state index in [9.17, 15) is 14.3 Å². The molecule has 5 nitrogen and oxygen atoms in total. The average Bonchev–Trinajstić information content (AvgIpc) is 2.19. The first-order valence-electron chi connectivity index (χ1n) is 5.44. The van der Waals surface area contributed by atoms with Crippen LogP contribution < -0.4 is 0 Å². The fourth-order valence-corrected chi connectivity index (χ4v) is 1.56. The number of alkyl halides is 1. The van der Waals surface area contributed by atoms with Gasteiger partial charge in [0.1, 0.15) is 17.8 Å². The molecule has 0 bridgehead atoms. The minimum Gasteiger partial charge on any atom is -0.444 e. The lowest BCUT2D eigenvalue weighted by Crippen LogP contribution is -2.55. The third-order valence-corrected chi connectivity index (χ3v) is 2.46. The Kier molecular flexibility index (Phi) is 3.62. The summed E-state index contributed by atoms with van der Waals surface area (Å²) in [5, 5.41) is 18.1. The van der Waals surface area contributed by atoms with Crippen LogP contribution in [0.15, 0.2) is 0 Å². The van der Waals surface area contributed by atoms with Crippen LogP contribution in [-0.4, -0.2) is 46.6 Å². The van der Waals surface area contributed by atoms with Gasteiger partial charge in [0, 0.05) is 6.54 Å². The second-order valence-corrected chi connectivity index (χ2v) is 5.18. The van der Waals surface area contributed by atoms with Crippen molar-refractivity contribution in [1.82, 2.24) is 4.90 Å². The second-order valence-electron chi connectivity index (χ2n) is 5.18. The van der Waals surface area contributed by atoms with Crippen molar-refractivity contribution in [2.24, 2.45) is 0 Å². The van der Waals surface area contributed by atoms with Gasteiger partial charge in [-0.15, -0.1) is 0 Å². The molecule has 1 amide bonds. The Morgan fingerprint density at radius 1 is 1.65 bits per heavy atom. The monoisotopic (exact) mass is 244 g/mol. The number of carbonyl (C=O) groups is 1. The molecule has 6 heteroatoms. The first-order valence-corrected chi connectivity index (χ1v) is 5.44. The molecular formula is C11H17FN2O3. The molecule has 0 aromatic rings. The molecule has 2 atom stereocenters. The Balaban J connectivity index is 2.70. The van der Waals surface area contributed by atoms with Gasteiger partial charge in [0.25, 0.3) is 0 Å². The van der Waals surface area contributed by atoms with Crippen molar-refractivity contribution >= 4 is 6.09 Å². The van der Waals surface area contributed by atoms with E-state index in [-0.39, 0.29) is 13.0 Å². The molecule has 1 heterocycles. The van der Waals surface area contributed by atoms with E-state index in [0.717, 1.165) is 4.90 Å². The van der Waals surface area contributed by atoms with Gasteiger partial charge in [-0.1, -0.05) is 0 Å². The molecule has 1 N–H and O–H groups in total. The molecule has 1 rings (SSSR count). The maximum atomic E-state index is 13.9. The Hall–Kier alpha value is -1.35. The summed E-state index contributed by atoms with van der Waals surface area (Å²) >= 11 is 0. The third kappa shape index (κ3) is 3.30. The number of carbonyl (C=O) groups excluding carboxylic acids is 1. The van der Waals surface area contributed by atoms with Crippen molar-refractivity contribution < 1.29 is 19.0 Å². The number of hydrogen-bond donors (Lipinski definition) is 1. The normalized spacial score (nSPS) is 29.6. The van der Waals surface area contributed by atoms with E-state index in [1.54, 1.807) is 20.8 Å². The van der Waals surface area contributed by atoms with E-state index in [1.165, 1.54) is 6.07 Å². The van der Waals surface area contributed by atoms with Gasteiger partial charge >= 0.3 is 6.09 Å². The summed E-state index contributed by atoms with van der Waals surface area (Å²) in [7, 11) is 0. The summed E-state index contributed by atoms with van der Waals surface area (Å²) < 4.78 is 19.0. The molecule has 1 aliphatic rings. The van der Waals surface area contributed by atoms with Crippen molar-refractivity contribution in [2.75, 3.05) is 13.1 Å². The van der Waals surface area contributed by atoms with Crippen LogP contribution in [0.1, 0.15) is 27.2 Å². The van der Waals surface area contributed by atoms with Gasteiger partial charge in [-0.05, 0) is 27.2 Å². The quantitative estimate of drug-likeness (QED) is 0.695. The molecule has 0 aromatic carbocycles. The van der Waals surface area contributed by atoms with E-state index < -0.39 is 30.0 Å². The molecule has 1 aliphatic heterocycles. The maximum Gasteiger partial charge on any atom is 0.410 e. The molecule has 0 radical (unpaired) electrons. The number of aliphatic hydroxyl groups is 1. The van der Waals surface area contributed by atoms with Crippen molar-refractivity contribution in [3.8, 4) is 6.07 Å². The summed E-state index contributed by atoms with van der Waals surface area (Å²) in [6, 6.07) is 1.41. The van der Waals surface area contributed by atoms with E-state index in [1.807, 2.05) is 0 Å². The highest BCUT2D eigenvalue weighted by Gasteiger charge is 2.45. The minimum atomic E-state index is -2.41. The third-order valence-electron chi connectivity index (χ3n) is 2.46. The molecule has 2 unspecified atom stereocenters. The molecule has 96 valence electrons. The number of aliphatic hydroxyl groups excluding tert-OH is 1. The van der Waals surface area contributed by atoms with Gasteiger partial charge in [-0.25, -0.2) is 9.18 Å². The van der Waals surface area contributed by atoms with Crippen LogP contribution in [0.2, 0.25) is 0 Å². The number of ether oxygens (including phenoxy) is 1. The molecule has 0 saturated carbocycles. The summed E-state index contributed by atoms with van der Waals surface area (Å²) in [6.45, 7) is 4.84. The Bertz CT molecular complexity index is 348. The van der Waals surface area contributed by atoms with Crippen LogP contribution in [0.5, 0.6) is 0 Å². The number of hydrogen-bond acceptors (Lipinski definition) is 4. The molecule has 17 heavy (non-hydrogen) atoms. The Morgan fingerprint density at radius 2 is 2.24 bits per heavy atom. The van der Waals surface area contributed by atoms with Gasteiger partial charge in [0.2, 0.25) is 5.67 Å². The van der Waals surface area contributed by atoms with E-state index in [0.29, 0.717) is 0 Å². The number of piperidine rings is 1. The van der Waals surface area contributed by atoms with E-state index >= 15 is 0 Å².